The molecule has 2 fully saturated rings. The summed E-state index contributed by atoms with van der Waals surface area (Å²) in [7, 11) is 0. The molecule has 3 aliphatic rings. The summed E-state index contributed by atoms with van der Waals surface area (Å²) in [5.41, 5.74) is 0.653. The molecule has 5 atom stereocenters. The van der Waals surface area contributed by atoms with Crippen molar-refractivity contribution in [3.8, 4) is 17.2 Å². The SMILES string of the molecule is CCC(=O)Oc1cc2c(cc1OC(=O)CC)[C@@H](CO)[C@@H]1[C@@]3(C)CCCC(C)(C)[C@@H]3CC[C@]1(C)O2. The topological polar surface area (TPSA) is 82.1 Å². The third kappa shape index (κ3) is 4.02. The molecule has 188 valence electrons. The Labute approximate surface area is 203 Å². The second kappa shape index (κ2) is 8.85. The first-order chi connectivity index (χ1) is 16.0. The van der Waals surface area contributed by atoms with Crippen LogP contribution < -0.4 is 14.2 Å². The molecular weight excluding hydrogens is 432 g/mol. The molecule has 1 aromatic rings. The van der Waals surface area contributed by atoms with Crippen LogP contribution in [0.4, 0.5) is 0 Å². The molecule has 4 rings (SSSR count). The average molecular weight is 473 g/mol. The number of aliphatic hydroxyl groups is 1. The maximum atomic E-state index is 12.2. The maximum Gasteiger partial charge on any atom is 0.311 e. The summed E-state index contributed by atoms with van der Waals surface area (Å²) >= 11 is 0. The summed E-state index contributed by atoms with van der Waals surface area (Å²) in [4.78, 5) is 24.2. The van der Waals surface area contributed by atoms with Gasteiger partial charge in [-0.2, -0.15) is 0 Å². The number of hydrogen-bond acceptors (Lipinski definition) is 6. The van der Waals surface area contributed by atoms with E-state index in [1.807, 2.05) is 0 Å². The molecule has 1 N–H and O–H groups in total. The van der Waals surface area contributed by atoms with Gasteiger partial charge in [-0.15, -0.1) is 0 Å². The Morgan fingerprint density at radius 1 is 1.00 bits per heavy atom. The van der Waals surface area contributed by atoms with Crippen molar-refractivity contribution in [2.45, 2.75) is 98.0 Å². The van der Waals surface area contributed by atoms with Gasteiger partial charge in [-0.1, -0.05) is 41.0 Å². The zero-order valence-corrected chi connectivity index (χ0v) is 21.5. The van der Waals surface area contributed by atoms with Crippen LogP contribution in [0.15, 0.2) is 12.1 Å². The van der Waals surface area contributed by atoms with E-state index < -0.39 is 17.5 Å². The van der Waals surface area contributed by atoms with Crippen LogP contribution in [0.3, 0.4) is 0 Å². The third-order valence-corrected chi connectivity index (χ3v) is 9.02. The number of fused-ring (bicyclic) bond motifs is 4. The highest BCUT2D eigenvalue weighted by Gasteiger charge is 2.63. The first kappa shape index (κ1) is 25.0. The predicted molar refractivity (Wildman–Crippen MR) is 129 cm³/mol. The summed E-state index contributed by atoms with van der Waals surface area (Å²) in [6.45, 7) is 12.8. The molecule has 1 heterocycles. The van der Waals surface area contributed by atoms with Gasteiger partial charge in [0, 0.05) is 36.3 Å². The van der Waals surface area contributed by atoms with Crippen LogP contribution in [-0.4, -0.2) is 29.3 Å². The van der Waals surface area contributed by atoms with Crippen molar-refractivity contribution in [1.82, 2.24) is 0 Å². The molecule has 1 aliphatic heterocycles. The highest BCUT2D eigenvalue weighted by atomic mass is 16.6. The van der Waals surface area contributed by atoms with E-state index in [1.165, 1.54) is 12.8 Å². The Balaban J connectivity index is 1.83. The number of carbonyl (C=O) groups is 2. The molecule has 0 bridgehead atoms. The van der Waals surface area contributed by atoms with Crippen molar-refractivity contribution in [1.29, 1.82) is 0 Å². The van der Waals surface area contributed by atoms with E-state index in [0.29, 0.717) is 11.7 Å². The van der Waals surface area contributed by atoms with E-state index in [0.717, 1.165) is 24.8 Å². The molecule has 2 saturated carbocycles. The summed E-state index contributed by atoms with van der Waals surface area (Å²) in [5, 5.41) is 10.7. The monoisotopic (exact) mass is 472 g/mol. The Bertz CT molecular complexity index is 968. The number of hydrogen-bond donors (Lipinski definition) is 1. The molecule has 0 radical (unpaired) electrons. The van der Waals surface area contributed by atoms with Gasteiger partial charge in [-0.3, -0.25) is 9.59 Å². The number of ether oxygens (including phenoxy) is 3. The number of benzene rings is 1. The molecule has 0 unspecified atom stereocenters. The standard InChI is InChI=1S/C28H40O6/c1-7-23(30)32-20-14-17-18(16-29)25-27(5)12-9-11-26(3,4)22(27)10-13-28(25,6)34-19(17)15-21(20)33-24(31)8-2/h14-15,18,22,25,29H,7-13,16H2,1-6H3/t18-,22+,25-,27+,28+/m1/s1. The highest BCUT2D eigenvalue weighted by Crippen LogP contribution is 2.67. The maximum absolute atomic E-state index is 12.2. The number of esters is 2. The summed E-state index contributed by atoms with van der Waals surface area (Å²) in [6.07, 6.45) is 5.91. The summed E-state index contributed by atoms with van der Waals surface area (Å²) in [6, 6.07) is 3.42. The Hall–Kier alpha value is -2.08. The van der Waals surface area contributed by atoms with Crippen molar-refractivity contribution in [3.05, 3.63) is 17.7 Å². The van der Waals surface area contributed by atoms with Crippen LogP contribution in [0.1, 0.15) is 98.0 Å². The zero-order chi connectivity index (χ0) is 24.9. The molecule has 0 spiro atoms. The van der Waals surface area contributed by atoms with Crippen molar-refractivity contribution in [2.24, 2.45) is 22.7 Å². The molecule has 0 amide bonds. The van der Waals surface area contributed by atoms with Crippen molar-refractivity contribution < 1.29 is 28.9 Å². The van der Waals surface area contributed by atoms with E-state index in [-0.39, 0.29) is 53.6 Å². The molecular formula is C28H40O6. The molecule has 34 heavy (non-hydrogen) atoms. The number of carbonyl (C=O) groups excluding carboxylic acids is 2. The van der Waals surface area contributed by atoms with Crippen LogP contribution >= 0.6 is 0 Å². The number of aliphatic hydroxyl groups excluding tert-OH is 1. The van der Waals surface area contributed by atoms with Gasteiger partial charge < -0.3 is 19.3 Å². The quantitative estimate of drug-likeness (QED) is 0.432. The lowest BCUT2D eigenvalue weighted by atomic mass is 9.43. The Morgan fingerprint density at radius 2 is 1.62 bits per heavy atom. The zero-order valence-electron chi connectivity index (χ0n) is 21.5. The van der Waals surface area contributed by atoms with Crippen molar-refractivity contribution >= 4 is 11.9 Å². The van der Waals surface area contributed by atoms with Crippen LogP contribution in [0, 0.1) is 22.7 Å². The van der Waals surface area contributed by atoms with Crippen LogP contribution in [0.2, 0.25) is 0 Å². The molecule has 6 heteroatoms. The summed E-state index contributed by atoms with van der Waals surface area (Å²) < 4.78 is 17.8. The van der Waals surface area contributed by atoms with Crippen LogP contribution in [0.25, 0.3) is 0 Å². The van der Waals surface area contributed by atoms with Gasteiger partial charge in [0.25, 0.3) is 0 Å². The van der Waals surface area contributed by atoms with E-state index in [9.17, 15) is 14.7 Å². The van der Waals surface area contributed by atoms with Gasteiger partial charge in [0.2, 0.25) is 0 Å². The van der Waals surface area contributed by atoms with E-state index >= 15 is 0 Å². The molecule has 0 aromatic heterocycles. The lowest BCUT2D eigenvalue weighted by Crippen LogP contribution is -2.63. The van der Waals surface area contributed by atoms with Crippen LogP contribution in [-0.2, 0) is 9.59 Å². The average Bonchev–Trinajstić information content (AvgIpc) is 2.77. The minimum absolute atomic E-state index is 0.0192. The highest BCUT2D eigenvalue weighted by molar-refractivity contribution is 5.76. The normalized spacial score (nSPS) is 33.6. The van der Waals surface area contributed by atoms with E-state index in [2.05, 4.69) is 27.7 Å². The molecule has 6 nitrogen and oxygen atoms in total. The molecule has 1 aromatic carbocycles. The second-order valence-electron chi connectivity index (χ2n) is 11.6. The van der Waals surface area contributed by atoms with Gasteiger partial charge in [0.1, 0.15) is 11.4 Å². The lowest BCUT2D eigenvalue weighted by molar-refractivity contribution is -0.176. The van der Waals surface area contributed by atoms with E-state index in [4.69, 9.17) is 14.2 Å². The fraction of sp³-hybridized carbons (Fsp3) is 0.714. The molecule has 2 aliphatic carbocycles. The summed E-state index contributed by atoms with van der Waals surface area (Å²) in [5.74, 6) is 0.683. The largest absolute Gasteiger partial charge is 0.487 e. The van der Waals surface area contributed by atoms with Gasteiger partial charge in [0.05, 0.1) is 6.61 Å². The predicted octanol–water partition coefficient (Wildman–Crippen LogP) is 5.79. The third-order valence-electron chi connectivity index (χ3n) is 9.02. The van der Waals surface area contributed by atoms with Gasteiger partial charge in [-0.05, 0) is 55.4 Å². The van der Waals surface area contributed by atoms with Gasteiger partial charge in [0.15, 0.2) is 11.5 Å². The number of rotatable bonds is 5. The van der Waals surface area contributed by atoms with Crippen molar-refractivity contribution in [2.75, 3.05) is 6.61 Å². The van der Waals surface area contributed by atoms with Crippen molar-refractivity contribution in [3.63, 3.8) is 0 Å². The minimum Gasteiger partial charge on any atom is -0.487 e. The molecule has 0 saturated heterocycles. The Kier molecular flexibility index (Phi) is 6.52. The first-order valence-corrected chi connectivity index (χ1v) is 12.9. The van der Waals surface area contributed by atoms with Gasteiger partial charge in [-0.25, -0.2) is 0 Å². The fourth-order valence-electron chi connectivity index (χ4n) is 7.66. The fourth-order valence-corrected chi connectivity index (χ4v) is 7.66. The minimum atomic E-state index is -0.438. The first-order valence-electron chi connectivity index (χ1n) is 12.9. The van der Waals surface area contributed by atoms with Crippen LogP contribution in [0.5, 0.6) is 17.2 Å². The van der Waals surface area contributed by atoms with E-state index in [1.54, 1.807) is 26.0 Å². The second-order valence-corrected chi connectivity index (χ2v) is 11.6. The lowest BCUT2D eigenvalue weighted by Gasteiger charge is -2.65. The Morgan fingerprint density at radius 3 is 2.21 bits per heavy atom. The van der Waals surface area contributed by atoms with Gasteiger partial charge >= 0.3 is 11.9 Å². The smallest absolute Gasteiger partial charge is 0.311 e.